The largest absolute Gasteiger partial charge is 0.496 e. The Morgan fingerprint density at radius 2 is 1.76 bits per heavy atom. The predicted molar refractivity (Wildman–Crippen MR) is 90.1 cm³/mol. The number of carbonyl (C=O) groups is 2. The summed E-state index contributed by atoms with van der Waals surface area (Å²) >= 11 is 0. The van der Waals surface area contributed by atoms with Crippen LogP contribution in [-0.4, -0.2) is 25.0 Å². The number of esters is 1. The molecule has 0 amide bonds. The Labute approximate surface area is 145 Å². The van der Waals surface area contributed by atoms with Gasteiger partial charge < -0.3 is 14.2 Å². The Morgan fingerprint density at radius 3 is 2.32 bits per heavy atom. The maximum atomic E-state index is 14.2. The smallest absolute Gasteiger partial charge is 0.346 e. The molecule has 0 saturated heterocycles. The summed E-state index contributed by atoms with van der Waals surface area (Å²) in [4.78, 5) is 23.0. The molecule has 0 aromatic heterocycles. The van der Waals surface area contributed by atoms with Gasteiger partial charge in [-0.1, -0.05) is 0 Å². The average molecular weight is 346 g/mol. The SMILES string of the molecule is COc1cc(OC(=O)c2ccc(OC(C)(C)C)cc2F)ccc1C=O. The first-order valence-corrected chi connectivity index (χ1v) is 7.57. The number of carbonyl (C=O) groups excluding carboxylic acids is 2. The number of rotatable bonds is 5. The fourth-order valence-electron chi connectivity index (χ4n) is 2.09. The number of halogens is 1. The van der Waals surface area contributed by atoms with E-state index in [1.54, 1.807) is 0 Å². The molecule has 0 N–H and O–H groups in total. The van der Waals surface area contributed by atoms with E-state index in [9.17, 15) is 14.0 Å². The van der Waals surface area contributed by atoms with Crippen molar-refractivity contribution in [1.82, 2.24) is 0 Å². The van der Waals surface area contributed by atoms with Crippen molar-refractivity contribution in [2.45, 2.75) is 26.4 Å². The monoisotopic (exact) mass is 346 g/mol. The predicted octanol–water partition coefficient (Wildman–Crippen LogP) is 4.04. The summed E-state index contributed by atoms with van der Waals surface area (Å²) in [5.41, 5.74) is -0.387. The van der Waals surface area contributed by atoms with Crippen molar-refractivity contribution in [3.05, 3.63) is 53.3 Å². The highest BCUT2D eigenvalue weighted by Gasteiger charge is 2.18. The van der Waals surface area contributed by atoms with Crippen LogP contribution in [0, 0.1) is 5.82 Å². The number of hydrogen-bond donors (Lipinski definition) is 0. The summed E-state index contributed by atoms with van der Waals surface area (Å²) < 4.78 is 29.9. The second kappa shape index (κ2) is 7.34. The summed E-state index contributed by atoms with van der Waals surface area (Å²) in [5.74, 6) is -0.890. The number of methoxy groups -OCH3 is 1. The molecule has 0 aliphatic heterocycles. The number of benzene rings is 2. The number of ether oxygens (including phenoxy) is 3. The fraction of sp³-hybridized carbons (Fsp3) is 0.263. The van der Waals surface area contributed by atoms with Crippen molar-refractivity contribution >= 4 is 12.3 Å². The summed E-state index contributed by atoms with van der Waals surface area (Å²) in [7, 11) is 1.39. The van der Waals surface area contributed by atoms with Gasteiger partial charge in [-0.15, -0.1) is 0 Å². The highest BCUT2D eigenvalue weighted by Crippen LogP contribution is 2.26. The van der Waals surface area contributed by atoms with Crippen molar-refractivity contribution in [1.29, 1.82) is 0 Å². The van der Waals surface area contributed by atoms with E-state index in [2.05, 4.69) is 0 Å². The molecule has 0 heterocycles. The van der Waals surface area contributed by atoms with E-state index in [0.717, 1.165) is 6.07 Å². The Balaban J connectivity index is 2.19. The van der Waals surface area contributed by atoms with E-state index < -0.39 is 17.4 Å². The topological polar surface area (TPSA) is 61.8 Å². The fourth-order valence-corrected chi connectivity index (χ4v) is 2.09. The van der Waals surface area contributed by atoms with E-state index in [1.165, 1.54) is 37.4 Å². The molecule has 0 spiro atoms. The maximum Gasteiger partial charge on any atom is 0.346 e. The van der Waals surface area contributed by atoms with Crippen LogP contribution >= 0.6 is 0 Å². The van der Waals surface area contributed by atoms with Gasteiger partial charge in [0.2, 0.25) is 0 Å². The lowest BCUT2D eigenvalue weighted by molar-refractivity contribution is 0.0729. The first-order valence-electron chi connectivity index (χ1n) is 7.57. The van der Waals surface area contributed by atoms with E-state index >= 15 is 0 Å². The van der Waals surface area contributed by atoms with Gasteiger partial charge >= 0.3 is 5.97 Å². The second-order valence-corrected chi connectivity index (χ2v) is 6.27. The molecule has 0 atom stereocenters. The summed E-state index contributed by atoms with van der Waals surface area (Å²) in [5, 5.41) is 0. The second-order valence-electron chi connectivity index (χ2n) is 6.27. The van der Waals surface area contributed by atoms with Crippen molar-refractivity contribution in [2.24, 2.45) is 0 Å². The molecule has 132 valence electrons. The molecule has 2 aromatic carbocycles. The minimum Gasteiger partial charge on any atom is -0.496 e. The molecule has 5 nitrogen and oxygen atoms in total. The zero-order chi connectivity index (χ0) is 18.6. The molecule has 0 radical (unpaired) electrons. The molecule has 0 bridgehead atoms. The van der Waals surface area contributed by atoms with Gasteiger partial charge in [0.15, 0.2) is 6.29 Å². The third-order valence-electron chi connectivity index (χ3n) is 3.13. The highest BCUT2D eigenvalue weighted by molar-refractivity contribution is 5.91. The zero-order valence-corrected chi connectivity index (χ0v) is 14.5. The van der Waals surface area contributed by atoms with Crippen molar-refractivity contribution in [2.75, 3.05) is 7.11 Å². The first kappa shape index (κ1) is 18.4. The molecular formula is C19H19FO5. The normalized spacial score (nSPS) is 10.9. The Bertz CT molecular complexity index is 793. The van der Waals surface area contributed by atoms with Gasteiger partial charge in [-0.25, -0.2) is 9.18 Å². The molecule has 25 heavy (non-hydrogen) atoms. The molecule has 0 aliphatic carbocycles. The van der Waals surface area contributed by atoms with Gasteiger partial charge in [-0.05, 0) is 45.0 Å². The number of hydrogen-bond acceptors (Lipinski definition) is 5. The van der Waals surface area contributed by atoms with Crippen LogP contribution in [0.5, 0.6) is 17.2 Å². The zero-order valence-electron chi connectivity index (χ0n) is 14.5. The third kappa shape index (κ3) is 4.79. The van der Waals surface area contributed by atoms with Crippen LogP contribution in [0.3, 0.4) is 0 Å². The highest BCUT2D eigenvalue weighted by atomic mass is 19.1. The van der Waals surface area contributed by atoms with Crippen molar-refractivity contribution < 1.29 is 28.2 Å². The van der Waals surface area contributed by atoms with E-state index in [4.69, 9.17) is 14.2 Å². The van der Waals surface area contributed by atoms with E-state index in [1.807, 2.05) is 20.8 Å². The standard InChI is InChI=1S/C19H19FO5/c1-19(2,3)25-14-7-8-15(16(20)9-14)18(22)24-13-6-5-12(11-21)17(10-13)23-4/h5-11H,1-4H3. The van der Waals surface area contributed by atoms with Crippen LogP contribution in [0.15, 0.2) is 36.4 Å². The summed E-state index contributed by atoms with van der Waals surface area (Å²) in [6, 6.07) is 8.20. The van der Waals surface area contributed by atoms with E-state index in [-0.39, 0.29) is 17.1 Å². The summed E-state index contributed by atoms with van der Waals surface area (Å²) in [6.45, 7) is 5.51. The summed E-state index contributed by atoms with van der Waals surface area (Å²) in [6.07, 6.45) is 0.623. The quantitative estimate of drug-likeness (QED) is 0.464. The molecule has 0 aliphatic rings. The lowest BCUT2D eigenvalue weighted by atomic mass is 10.1. The Morgan fingerprint density at radius 1 is 1.08 bits per heavy atom. The van der Waals surface area contributed by atoms with Gasteiger partial charge in [-0.3, -0.25) is 4.79 Å². The minimum atomic E-state index is -0.860. The number of aldehydes is 1. The first-order chi connectivity index (χ1) is 11.7. The molecule has 0 unspecified atom stereocenters. The van der Waals surface area contributed by atoms with Crippen LogP contribution in [0.2, 0.25) is 0 Å². The van der Waals surface area contributed by atoms with Crippen molar-refractivity contribution in [3.8, 4) is 17.2 Å². The van der Waals surface area contributed by atoms with Crippen LogP contribution < -0.4 is 14.2 Å². The molecular weight excluding hydrogens is 327 g/mol. The lowest BCUT2D eigenvalue weighted by Gasteiger charge is -2.21. The van der Waals surface area contributed by atoms with Crippen LogP contribution in [0.1, 0.15) is 41.5 Å². The van der Waals surface area contributed by atoms with Gasteiger partial charge in [-0.2, -0.15) is 0 Å². The van der Waals surface area contributed by atoms with Gasteiger partial charge in [0.25, 0.3) is 0 Å². The Kier molecular flexibility index (Phi) is 5.41. The van der Waals surface area contributed by atoms with Gasteiger partial charge in [0.1, 0.15) is 28.7 Å². The van der Waals surface area contributed by atoms with E-state index in [0.29, 0.717) is 17.6 Å². The molecule has 0 fully saturated rings. The van der Waals surface area contributed by atoms with Gasteiger partial charge in [0, 0.05) is 12.1 Å². The minimum absolute atomic E-state index is 0.141. The maximum absolute atomic E-state index is 14.2. The Hall–Kier alpha value is -2.89. The molecule has 2 rings (SSSR count). The van der Waals surface area contributed by atoms with Crippen LogP contribution in [0.4, 0.5) is 4.39 Å². The lowest BCUT2D eigenvalue weighted by Crippen LogP contribution is -2.23. The molecule has 0 saturated carbocycles. The third-order valence-corrected chi connectivity index (χ3v) is 3.13. The van der Waals surface area contributed by atoms with Crippen LogP contribution in [-0.2, 0) is 0 Å². The van der Waals surface area contributed by atoms with Crippen LogP contribution in [0.25, 0.3) is 0 Å². The molecule has 6 heteroatoms. The van der Waals surface area contributed by atoms with Crippen molar-refractivity contribution in [3.63, 3.8) is 0 Å². The molecule has 2 aromatic rings. The average Bonchev–Trinajstić information content (AvgIpc) is 2.53. The van der Waals surface area contributed by atoms with Gasteiger partial charge in [0.05, 0.1) is 18.2 Å².